The second-order valence-corrected chi connectivity index (χ2v) is 6.92. The average molecular weight is 348 g/mol. The number of hydrazine groups is 1. The monoisotopic (exact) mass is 348 g/mol. The van der Waals surface area contributed by atoms with E-state index in [1.54, 1.807) is 7.11 Å². The molecule has 3 atom stereocenters. The van der Waals surface area contributed by atoms with E-state index < -0.39 is 0 Å². The van der Waals surface area contributed by atoms with Crippen LogP contribution in [0.4, 0.5) is 5.69 Å². The molecule has 1 amide bonds. The lowest BCUT2D eigenvalue weighted by atomic mass is 9.96. The van der Waals surface area contributed by atoms with Crippen LogP contribution in [0, 0.1) is 11.8 Å². The number of thiocarbonyl (C=S) groups is 1. The first-order chi connectivity index (χ1) is 11.6. The normalized spacial score (nSPS) is 24.3. The van der Waals surface area contributed by atoms with Crippen LogP contribution in [0.3, 0.4) is 0 Å². The Morgan fingerprint density at radius 1 is 1.21 bits per heavy atom. The van der Waals surface area contributed by atoms with E-state index in [1.165, 1.54) is 25.7 Å². The smallest absolute Gasteiger partial charge is 0.257 e. The average Bonchev–Trinajstić information content (AvgIpc) is 3.21. The Morgan fingerprint density at radius 3 is 2.62 bits per heavy atom. The molecule has 0 saturated heterocycles. The van der Waals surface area contributed by atoms with Crippen LogP contribution in [0.5, 0.6) is 5.75 Å². The maximum atomic E-state index is 11.9. The lowest BCUT2D eigenvalue weighted by molar-refractivity contribution is -0.119. The van der Waals surface area contributed by atoms with Crippen molar-refractivity contribution in [1.29, 1.82) is 0 Å². The van der Waals surface area contributed by atoms with Gasteiger partial charge in [0.05, 0.1) is 13.7 Å². The minimum Gasteiger partial charge on any atom is -0.497 e. The first-order valence-electron chi connectivity index (χ1n) is 8.37. The van der Waals surface area contributed by atoms with Crippen molar-refractivity contribution in [2.75, 3.05) is 19.0 Å². The van der Waals surface area contributed by atoms with E-state index >= 15 is 0 Å². The Kier molecular flexibility index (Phi) is 5.40. The number of benzene rings is 1. The molecule has 0 aromatic heterocycles. The van der Waals surface area contributed by atoms with Crippen molar-refractivity contribution in [2.45, 2.75) is 31.7 Å². The van der Waals surface area contributed by atoms with Gasteiger partial charge < -0.3 is 15.4 Å². The molecule has 130 valence electrons. The van der Waals surface area contributed by atoms with Crippen LogP contribution in [0.25, 0.3) is 0 Å². The van der Waals surface area contributed by atoms with Gasteiger partial charge in [0.25, 0.3) is 5.91 Å². The highest BCUT2D eigenvalue weighted by molar-refractivity contribution is 7.80. The van der Waals surface area contributed by atoms with Crippen molar-refractivity contribution in [1.82, 2.24) is 16.2 Å². The van der Waals surface area contributed by atoms with E-state index in [0.717, 1.165) is 23.3 Å². The Labute approximate surface area is 147 Å². The number of carbonyl (C=O) groups is 1. The van der Waals surface area contributed by atoms with E-state index in [2.05, 4.69) is 21.5 Å². The van der Waals surface area contributed by atoms with Gasteiger partial charge in [-0.25, -0.2) is 0 Å². The van der Waals surface area contributed by atoms with Crippen molar-refractivity contribution in [3.05, 3.63) is 24.3 Å². The lowest BCUT2D eigenvalue weighted by Gasteiger charge is -2.24. The molecule has 6 nitrogen and oxygen atoms in total. The van der Waals surface area contributed by atoms with Gasteiger partial charge in [0, 0.05) is 11.7 Å². The molecule has 0 aliphatic heterocycles. The zero-order chi connectivity index (χ0) is 16.9. The van der Waals surface area contributed by atoms with Gasteiger partial charge in [-0.2, -0.15) is 0 Å². The molecule has 7 heteroatoms. The predicted molar refractivity (Wildman–Crippen MR) is 97.7 cm³/mol. The standard InChI is InChI=1S/C17H24N4O2S/c1-23-14-6-4-13(5-7-14)18-10-16(22)20-21-17(24)19-15-9-11-2-3-12(15)8-11/h4-7,11-12,15,18H,2-3,8-10H2,1H3,(H,20,22)(H2,19,21,24)/t11-,12+,15+/m1/s1. The highest BCUT2D eigenvalue weighted by Crippen LogP contribution is 2.44. The Bertz CT molecular complexity index is 593. The van der Waals surface area contributed by atoms with Crippen LogP contribution in [0.15, 0.2) is 24.3 Å². The summed E-state index contributed by atoms with van der Waals surface area (Å²) in [4.78, 5) is 11.9. The van der Waals surface area contributed by atoms with Crippen molar-refractivity contribution in [3.8, 4) is 5.75 Å². The highest BCUT2D eigenvalue weighted by Gasteiger charge is 2.39. The van der Waals surface area contributed by atoms with Gasteiger partial charge in [-0.3, -0.25) is 15.6 Å². The quantitative estimate of drug-likeness (QED) is 0.480. The minimum absolute atomic E-state index is 0.163. The van der Waals surface area contributed by atoms with Crippen LogP contribution in [0.2, 0.25) is 0 Å². The predicted octanol–water partition coefficient (Wildman–Crippen LogP) is 1.79. The largest absolute Gasteiger partial charge is 0.497 e. The molecule has 0 heterocycles. The van der Waals surface area contributed by atoms with Crippen molar-refractivity contribution < 1.29 is 9.53 Å². The molecule has 2 saturated carbocycles. The van der Waals surface area contributed by atoms with Crippen LogP contribution < -0.4 is 26.2 Å². The fraction of sp³-hybridized carbons (Fsp3) is 0.529. The van der Waals surface area contributed by atoms with E-state index in [4.69, 9.17) is 17.0 Å². The molecule has 2 aliphatic rings. The maximum absolute atomic E-state index is 11.9. The number of rotatable bonds is 5. The van der Waals surface area contributed by atoms with Crippen molar-refractivity contribution >= 4 is 28.9 Å². The molecule has 0 spiro atoms. The highest BCUT2D eigenvalue weighted by atomic mass is 32.1. The summed E-state index contributed by atoms with van der Waals surface area (Å²) in [6, 6.07) is 7.86. The molecule has 24 heavy (non-hydrogen) atoms. The van der Waals surface area contributed by atoms with Crippen LogP contribution >= 0.6 is 12.2 Å². The summed E-state index contributed by atoms with van der Waals surface area (Å²) in [5, 5.41) is 6.86. The van der Waals surface area contributed by atoms with Gasteiger partial charge in [0.15, 0.2) is 5.11 Å². The first kappa shape index (κ1) is 16.8. The van der Waals surface area contributed by atoms with Crippen molar-refractivity contribution in [2.24, 2.45) is 11.8 Å². The molecular weight excluding hydrogens is 324 g/mol. The zero-order valence-corrected chi connectivity index (χ0v) is 14.6. The van der Waals surface area contributed by atoms with Crippen LogP contribution in [-0.4, -0.2) is 30.7 Å². The summed E-state index contributed by atoms with van der Waals surface area (Å²) >= 11 is 5.26. The number of hydrogen-bond acceptors (Lipinski definition) is 4. The van der Waals surface area contributed by atoms with Gasteiger partial charge in [0.1, 0.15) is 5.75 Å². The van der Waals surface area contributed by atoms with Crippen LogP contribution in [-0.2, 0) is 4.79 Å². The zero-order valence-electron chi connectivity index (χ0n) is 13.8. The second kappa shape index (κ2) is 7.70. The molecule has 2 bridgehead atoms. The summed E-state index contributed by atoms with van der Waals surface area (Å²) in [6.07, 6.45) is 5.16. The summed E-state index contributed by atoms with van der Waals surface area (Å²) in [5.41, 5.74) is 6.25. The SMILES string of the molecule is COc1ccc(NCC(=O)NNC(=S)N[C@H]2C[C@@H]3CC[C@H]2C3)cc1. The Hall–Kier alpha value is -2.02. The first-order valence-corrected chi connectivity index (χ1v) is 8.78. The number of hydrogen-bond donors (Lipinski definition) is 4. The fourth-order valence-corrected chi connectivity index (χ4v) is 3.89. The number of fused-ring (bicyclic) bond motifs is 2. The summed E-state index contributed by atoms with van der Waals surface area (Å²) in [6.45, 7) is 0.163. The third-order valence-corrected chi connectivity index (χ3v) is 5.13. The van der Waals surface area contributed by atoms with Crippen LogP contribution in [0.1, 0.15) is 25.7 Å². The van der Waals surface area contributed by atoms with Crippen molar-refractivity contribution in [3.63, 3.8) is 0 Å². The molecule has 0 unspecified atom stereocenters. The van der Waals surface area contributed by atoms with Gasteiger partial charge in [-0.05, 0) is 67.6 Å². The number of anilines is 1. The molecule has 0 radical (unpaired) electrons. The summed E-state index contributed by atoms with van der Waals surface area (Å²) in [5.74, 6) is 2.20. The molecule has 1 aromatic rings. The summed E-state index contributed by atoms with van der Waals surface area (Å²) in [7, 11) is 1.62. The number of amides is 1. The molecule has 4 N–H and O–H groups in total. The molecular formula is C17H24N4O2S. The number of ether oxygens (including phenoxy) is 1. The molecule has 3 rings (SSSR count). The number of carbonyl (C=O) groups excluding carboxylic acids is 1. The van der Waals surface area contributed by atoms with Gasteiger partial charge in [-0.1, -0.05) is 6.42 Å². The fourth-order valence-electron chi connectivity index (χ4n) is 3.69. The topological polar surface area (TPSA) is 74.4 Å². The Morgan fingerprint density at radius 2 is 2.00 bits per heavy atom. The minimum atomic E-state index is -0.178. The molecule has 2 aliphatic carbocycles. The maximum Gasteiger partial charge on any atom is 0.257 e. The van der Waals surface area contributed by atoms with Gasteiger partial charge in [-0.15, -0.1) is 0 Å². The second-order valence-electron chi connectivity index (χ2n) is 6.51. The lowest BCUT2D eigenvalue weighted by Crippen LogP contribution is -2.51. The van der Waals surface area contributed by atoms with Gasteiger partial charge in [0.2, 0.25) is 0 Å². The summed E-state index contributed by atoms with van der Waals surface area (Å²) < 4.78 is 5.09. The molecule has 1 aromatic carbocycles. The number of methoxy groups -OCH3 is 1. The van der Waals surface area contributed by atoms with E-state index in [1.807, 2.05) is 24.3 Å². The Balaban J connectivity index is 1.33. The number of nitrogens with one attached hydrogen (secondary N) is 4. The van der Waals surface area contributed by atoms with Gasteiger partial charge >= 0.3 is 0 Å². The van der Waals surface area contributed by atoms with E-state index in [0.29, 0.717) is 11.2 Å². The van der Waals surface area contributed by atoms with E-state index in [9.17, 15) is 4.79 Å². The molecule has 2 fully saturated rings. The third-order valence-electron chi connectivity index (χ3n) is 4.91. The third kappa shape index (κ3) is 4.29. The van der Waals surface area contributed by atoms with E-state index in [-0.39, 0.29) is 12.5 Å².